The van der Waals surface area contributed by atoms with E-state index in [0.29, 0.717) is 12.2 Å². The summed E-state index contributed by atoms with van der Waals surface area (Å²) in [6.07, 6.45) is 1.84. The molecule has 2 N–H and O–H groups in total. The Morgan fingerprint density at radius 1 is 1.40 bits per heavy atom. The molecule has 0 saturated heterocycles. The third kappa shape index (κ3) is 1.94. The Kier molecular flexibility index (Phi) is 2.59. The molecule has 0 aliphatic rings. The Hall–Kier alpha value is -1.95. The summed E-state index contributed by atoms with van der Waals surface area (Å²) in [7, 11) is 0. The number of hydrogen-bond acceptors (Lipinski definition) is 6. The Bertz CT molecular complexity index is 455. The summed E-state index contributed by atoms with van der Waals surface area (Å²) in [5, 5.41) is 21.8. The third-order valence-electron chi connectivity index (χ3n) is 1.79. The number of aliphatic hydroxyl groups excluding tert-OH is 1. The van der Waals surface area contributed by atoms with Gasteiger partial charge in [-0.1, -0.05) is 5.16 Å². The van der Waals surface area contributed by atoms with Crippen LogP contribution in [0.15, 0.2) is 22.9 Å². The standard InChI is InChI=1S/C9H9N3O3/c13-5-3-7-11-9(15-12-7)8-6(14)2-1-4-10-8/h1-2,4,13-14H,3,5H2. The molecule has 0 aliphatic carbocycles. The number of nitrogens with zero attached hydrogens (tertiary/aromatic N) is 3. The van der Waals surface area contributed by atoms with E-state index in [1.54, 1.807) is 6.07 Å². The second-order valence-corrected chi connectivity index (χ2v) is 2.86. The van der Waals surface area contributed by atoms with Crippen molar-refractivity contribution in [2.75, 3.05) is 6.61 Å². The van der Waals surface area contributed by atoms with Crippen molar-refractivity contribution in [2.24, 2.45) is 0 Å². The Labute approximate surface area is 85.2 Å². The zero-order valence-electron chi connectivity index (χ0n) is 7.79. The number of aromatic hydroxyl groups is 1. The number of aliphatic hydroxyl groups is 1. The first-order valence-corrected chi connectivity index (χ1v) is 4.39. The van der Waals surface area contributed by atoms with E-state index < -0.39 is 0 Å². The van der Waals surface area contributed by atoms with Gasteiger partial charge in [0.2, 0.25) is 0 Å². The van der Waals surface area contributed by atoms with Gasteiger partial charge in [-0.05, 0) is 12.1 Å². The lowest BCUT2D eigenvalue weighted by Gasteiger charge is -1.95. The van der Waals surface area contributed by atoms with Crippen molar-refractivity contribution in [1.29, 1.82) is 0 Å². The molecule has 0 aromatic carbocycles. The summed E-state index contributed by atoms with van der Waals surface area (Å²) in [6.45, 7) is -0.0484. The van der Waals surface area contributed by atoms with Crippen LogP contribution in [-0.2, 0) is 6.42 Å². The average molecular weight is 207 g/mol. The maximum atomic E-state index is 9.46. The first kappa shape index (κ1) is 9.60. The maximum Gasteiger partial charge on any atom is 0.280 e. The molecule has 2 aromatic rings. The van der Waals surface area contributed by atoms with Crippen LogP contribution in [0.1, 0.15) is 5.82 Å². The molecule has 0 spiro atoms. The smallest absolute Gasteiger partial charge is 0.280 e. The molecule has 0 aliphatic heterocycles. The number of aromatic nitrogens is 3. The Morgan fingerprint density at radius 3 is 3.00 bits per heavy atom. The van der Waals surface area contributed by atoms with Crippen molar-refractivity contribution in [2.45, 2.75) is 6.42 Å². The lowest BCUT2D eigenvalue weighted by molar-refractivity contribution is 0.293. The minimum absolute atomic E-state index is 0.0169. The van der Waals surface area contributed by atoms with Gasteiger partial charge in [0, 0.05) is 12.6 Å². The second-order valence-electron chi connectivity index (χ2n) is 2.86. The van der Waals surface area contributed by atoms with Crippen LogP contribution in [0.3, 0.4) is 0 Å². The number of pyridine rings is 1. The molecular formula is C9H9N3O3. The van der Waals surface area contributed by atoms with Gasteiger partial charge in [0.05, 0.1) is 6.61 Å². The third-order valence-corrected chi connectivity index (χ3v) is 1.79. The molecule has 0 amide bonds. The molecule has 15 heavy (non-hydrogen) atoms. The van der Waals surface area contributed by atoms with Crippen LogP contribution in [0, 0.1) is 0 Å². The summed E-state index contributed by atoms with van der Waals surface area (Å²) in [4.78, 5) is 7.88. The average Bonchev–Trinajstić information content (AvgIpc) is 2.68. The van der Waals surface area contributed by atoms with Crippen LogP contribution in [0.25, 0.3) is 11.6 Å². The topological polar surface area (TPSA) is 92.3 Å². The summed E-state index contributed by atoms with van der Waals surface area (Å²) in [5.74, 6) is 0.519. The fourth-order valence-corrected chi connectivity index (χ4v) is 1.11. The van der Waals surface area contributed by atoms with E-state index in [-0.39, 0.29) is 23.9 Å². The maximum absolute atomic E-state index is 9.46. The number of rotatable bonds is 3. The zero-order valence-corrected chi connectivity index (χ0v) is 7.79. The Morgan fingerprint density at radius 2 is 2.27 bits per heavy atom. The molecule has 6 heteroatoms. The highest BCUT2D eigenvalue weighted by Crippen LogP contribution is 2.24. The lowest BCUT2D eigenvalue weighted by Crippen LogP contribution is -1.92. The summed E-state index contributed by atoms with van der Waals surface area (Å²) in [6, 6.07) is 3.09. The van der Waals surface area contributed by atoms with Gasteiger partial charge in [-0.15, -0.1) is 0 Å². The predicted octanol–water partition coefficient (Wildman–Crippen LogP) is 0.372. The molecular weight excluding hydrogens is 198 g/mol. The molecule has 2 aromatic heterocycles. The van der Waals surface area contributed by atoms with E-state index in [2.05, 4.69) is 15.1 Å². The minimum Gasteiger partial charge on any atom is -0.505 e. The molecule has 78 valence electrons. The van der Waals surface area contributed by atoms with Gasteiger partial charge in [-0.3, -0.25) is 0 Å². The van der Waals surface area contributed by atoms with E-state index in [1.807, 2.05) is 0 Å². The van der Waals surface area contributed by atoms with Gasteiger partial charge in [0.25, 0.3) is 5.89 Å². The first-order valence-electron chi connectivity index (χ1n) is 4.39. The van der Waals surface area contributed by atoms with Crippen molar-refractivity contribution in [3.63, 3.8) is 0 Å². The van der Waals surface area contributed by atoms with Crippen LogP contribution < -0.4 is 0 Å². The van der Waals surface area contributed by atoms with E-state index in [4.69, 9.17) is 9.63 Å². The summed E-state index contributed by atoms with van der Waals surface area (Å²) in [5.41, 5.74) is 0.245. The minimum atomic E-state index is -0.0484. The molecule has 6 nitrogen and oxygen atoms in total. The van der Waals surface area contributed by atoms with Gasteiger partial charge < -0.3 is 14.7 Å². The van der Waals surface area contributed by atoms with Crippen LogP contribution in [0.2, 0.25) is 0 Å². The largest absolute Gasteiger partial charge is 0.505 e. The van der Waals surface area contributed by atoms with E-state index in [0.717, 1.165) is 0 Å². The fourth-order valence-electron chi connectivity index (χ4n) is 1.11. The van der Waals surface area contributed by atoms with E-state index >= 15 is 0 Å². The lowest BCUT2D eigenvalue weighted by atomic mass is 10.3. The molecule has 2 heterocycles. The first-order chi connectivity index (χ1) is 7.31. The highest BCUT2D eigenvalue weighted by molar-refractivity contribution is 5.55. The van der Waals surface area contributed by atoms with Gasteiger partial charge in [-0.2, -0.15) is 4.98 Å². The van der Waals surface area contributed by atoms with Gasteiger partial charge >= 0.3 is 0 Å². The molecule has 0 radical (unpaired) electrons. The van der Waals surface area contributed by atoms with Crippen molar-refractivity contribution in [1.82, 2.24) is 15.1 Å². The summed E-state index contributed by atoms with van der Waals surface area (Å²) < 4.78 is 4.89. The molecule has 0 fully saturated rings. The quantitative estimate of drug-likeness (QED) is 0.755. The van der Waals surface area contributed by atoms with Gasteiger partial charge in [-0.25, -0.2) is 4.98 Å². The van der Waals surface area contributed by atoms with E-state index in [1.165, 1.54) is 12.3 Å². The van der Waals surface area contributed by atoms with Crippen LogP contribution >= 0.6 is 0 Å². The molecule has 0 atom stereocenters. The van der Waals surface area contributed by atoms with Crippen molar-refractivity contribution in [3.05, 3.63) is 24.2 Å². The highest BCUT2D eigenvalue weighted by Gasteiger charge is 2.13. The normalized spacial score (nSPS) is 10.5. The SMILES string of the molecule is OCCc1noc(-c2ncccc2O)n1. The Balaban J connectivity index is 2.33. The van der Waals surface area contributed by atoms with Crippen molar-refractivity contribution >= 4 is 0 Å². The highest BCUT2D eigenvalue weighted by atomic mass is 16.5. The zero-order chi connectivity index (χ0) is 10.7. The second kappa shape index (κ2) is 4.05. The van der Waals surface area contributed by atoms with Gasteiger partial charge in [0.15, 0.2) is 11.5 Å². The van der Waals surface area contributed by atoms with Crippen LogP contribution in [-0.4, -0.2) is 31.9 Å². The predicted molar refractivity (Wildman–Crippen MR) is 50.0 cm³/mol. The molecule has 0 bridgehead atoms. The fraction of sp³-hybridized carbons (Fsp3) is 0.222. The van der Waals surface area contributed by atoms with E-state index in [9.17, 15) is 5.11 Å². The molecule has 2 rings (SSSR count). The van der Waals surface area contributed by atoms with Gasteiger partial charge in [0.1, 0.15) is 5.75 Å². The van der Waals surface area contributed by atoms with Crippen LogP contribution in [0.5, 0.6) is 5.75 Å². The van der Waals surface area contributed by atoms with Crippen molar-refractivity contribution in [3.8, 4) is 17.3 Å². The van der Waals surface area contributed by atoms with Crippen molar-refractivity contribution < 1.29 is 14.7 Å². The summed E-state index contributed by atoms with van der Waals surface area (Å²) >= 11 is 0. The van der Waals surface area contributed by atoms with Crippen LogP contribution in [0.4, 0.5) is 0 Å². The number of hydrogen-bond donors (Lipinski definition) is 2. The monoisotopic (exact) mass is 207 g/mol. The molecule has 0 unspecified atom stereocenters. The molecule has 0 saturated carbocycles.